The maximum absolute atomic E-state index is 10.4. The Morgan fingerprint density at radius 2 is 2.15 bits per heavy atom. The van der Waals surface area contributed by atoms with Gasteiger partial charge in [-0.05, 0) is 31.8 Å². The zero-order valence-corrected chi connectivity index (χ0v) is 7.52. The highest BCUT2D eigenvalue weighted by Gasteiger charge is 2.39. The molecule has 0 spiro atoms. The SMILES string of the molecule is N#CC(N=O)C1CN2CCC1CC2. The summed E-state index contributed by atoms with van der Waals surface area (Å²) in [6.45, 7) is 3.17. The number of hydrogen-bond acceptors (Lipinski definition) is 4. The molecule has 3 saturated heterocycles. The number of fused-ring (bicyclic) bond motifs is 3. The fourth-order valence-electron chi connectivity index (χ4n) is 2.57. The lowest BCUT2D eigenvalue weighted by Crippen LogP contribution is -2.50. The van der Waals surface area contributed by atoms with Crippen LogP contribution in [-0.2, 0) is 0 Å². The van der Waals surface area contributed by atoms with E-state index in [-0.39, 0.29) is 5.92 Å². The van der Waals surface area contributed by atoms with E-state index in [1.54, 1.807) is 0 Å². The van der Waals surface area contributed by atoms with Gasteiger partial charge in [-0.2, -0.15) is 5.26 Å². The highest BCUT2D eigenvalue weighted by molar-refractivity contribution is 5.01. The van der Waals surface area contributed by atoms with E-state index >= 15 is 0 Å². The van der Waals surface area contributed by atoms with Crippen LogP contribution in [0.5, 0.6) is 0 Å². The summed E-state index contributed by atoms with van der Waals surface area (Å²) in [5.41, 5.74) is 0. The molecule has 0 aromatic heterocycles. The van der Waals surface area contributed by atoms with Gasteiger partial charge in [0.2, 0.25) is 0 Å². The van der Waals surface area contributed by atoms with Crippen molar-refractivity contribution in [1.82, 2.24) is 4.90 Å². The van der Waals surface area contributed by atoms with Crippen LogP contribution in [0.1, 0.15) is 12.8 Å². The molecule has 2 bridgehead atoms. The van der Waals surface area contributed by atoms with Gasteiger partial charge in [-0.1, -0.05) is 5.18 Å². The van der Waals surface area contributed by atoms with E-state index in [0.29, 0.717) is 5.92 Å². The first kappa shape index (κ1) is 8.64. The highest BCUT2D eigenvalue weighted by Crippen LogP contribution is 2.34. The van der Waals surface area contributed by atoms with Gasteiger partial charge in [-0.25, -0.2) is 0 Å². The number of nitrogens with zero attached hydrogens (tertiary/aromatic N) is 3. The van der Waals surface area contributed by atoms with Crippen LogP contribution >= 0.6 is 0 Å². The zero-order chi connectivity index (χ0) is 9.26. The summed E-state index contributed by atoms with van der Waals surface area (Å²) in [4.78, 5) is 12.8. The van der Waals surface area contributed by atoms with Crippen LogP contribution in [0.3, 0.4) is 0 Å². The summed E-state index contributed by atoms with van der Waals surface area (Å²) in [6, 6.07) is 1.38. The Hall–Kier alpha value is -0.950. The molecule has 0 amide bonds. The van der Waals surface area contributed by atoms with Crippen molar-refractivity contribution in [3.05, 3.63) is 4.91 Å². The molecule has 3 heterocycles. The summed E-state index contributed by atoms with van der Waals surface area (Å²) in [7, 11) is 0. The minimum Gasteiger partial charge on any atom is -0.303 e. The Kier molecular flexibility index (Phi) is 2.28. The quantitative estimate of drug-likeness (QED) is 0.594. The standard InChI is InChI=1S/C9H13N3O/c10-5-9(11-13)8-6-12-3-1-7(8)2-4-12/h7-9H,1-4,6H2. The molecular weight excluding hydrogens is 166 g/mol. The molecule has 13 heavy (non-hydrogen) atoms. The van der Waals surface area contributed by atoms with E-state index in [1.807, 2.05) is 6.07 Å². The number of nitriles is 1. The molecule has 3 fully saturated rings. The van der Waals surface area contributed by atoms with Crippen molar-refractivity contribution in [3.63, 3.8) is 0 Å². The lowest BCUT2D eigenvalue weighted by molar-refractivity contribution is 0.0462. The van der Waals surface area contributed by atoms with Gasteiger partial charge < -0.3 is 4.90 Å². The van der Waals surface area contributed by atoms with Crippen molar-refractivity contribution < 1.29 is 0 Å². The van der Waals surface area contributed by atoms with E-state index in [9.17, 15) is 4.91 Å². The predicted octanol–water partition coefficient (Wildman–Crippen LogP) is 0.987. The Balaban J connectivity index is 2.08. The molecule has 0 saturated carbocycles. The maximum Gasteiger partial charge on any atom is 0.182 e. The minimum absolute atomic E-state index is 0.199. The Labute approximate surface area is 77.5 Å². The average Bonchev–Trinajstić information content (AvgIpc) is 2.22. The van der Waals surface area contributed by atoms with Crippen molar-refractivity contribution in [2.45, 2.75) is 18.9 Å². The molecule has 0 aromatic carbocycles. The molecule has 70 valence electrons. The number of rotatable bonds is 2. The maximum atomic E-state index is 10.4. The van der Waals surface area contributed by atoms with E-state index in [0.717, 1.165) is 32.5 Å². The highest BCUT2D eigenvalue weighted by atomic mass is 16.3. The third-order valence-corrected chi connectivity index (χ3v) is 3.36. The zero-order valence-electron chi connectivity index (χ0n) is 7.52. The molecule has 3 rings (SSSR count). The molecule has 4 heteroatoms. The van der Waals surface area contributed by atoms with Crippen LogP contribution in [0, 0.1) is 28.1 Å². The Bertz CT molecular complexity index is 240. The van der Waals surface area contributed by atoms with Crippen LogP contribution in [0.15, 0.2) is 5.18 Å². The molecule has 3 aliphatic rings. The van der Waals surface area contributed by atoms with Crippen LogP contribution in [0.2, 0.25) is 0 Å². The average molecular weight is 179 g/mol. The monoisotopic (exact) mass is 179 g/mol. The lowest BCUT2D eigenvalue weighted by Gasteiger charge is -2.44. The van der Waals surface area contributed by atoms with Gasteiger partial charge in [0.1, 0.15) is 0 Å². The van der Waals surface area contributed by atoms with Gasteiger partial charge in [-0.3, -0.25) is 0 Å². The molecule has 0 radical (unpaired) electrons. The first-order valence-electron chi connectivity index (χ1n) is 4.79. The first-order valence-corrected chi connectivity index (χ1v) is 4.79. The van der Waals surface area contributed by atoms with Crippen molar-refractivity contribution in [2.75, 3.05) is 19.6 Å². The number of piperidine rings is 3. The molecule has 0 N–H and O–H groups in total. The van der Waals surface area contributed by atoms with Gasteiger partial charge in [0.25, 0.3) is 0 Å². The second-order valence-corrected chi connectivity index (χ2v) is 3.98. The van der Waals surface area contributed by atoms with Gasteiger partial charge in [0.05, 0.1) is 6.07 Å². The molecule has 3 aliphatic heterocycles. The predicted molar refractivity (Wildman–Crippen MR) is 47.9 cm³/mol. The van der Waals surface area contributed by atoms with Crippen molar-refractivity contribution in [2.24, 2.45) is 17.0 Å². The van der Waals surface area contributed by atoms with Gasteiger partial charge in [-0.15, -0.1) is 4.91 Å². The summed E-state index contributed by atoms with van der Waals surface area (Å²) < 4.78 is 0. The van der Waals surface area contributed by atoms with Gasteiger partial charge >= 0.3 is 0 Å². The fraction of sp³-hybridized carbons (Fsp3) is 0.889. The normalized spacial score (nSPS) is 39.5. The van der Waals surface area contributed by atoms with E-state index in [1.165, 1.54) is 0 Å². The van der Waals surface area contributed by atoms with Crippen molar-refractivity contribution in [1.29, 1.82) is 5.26 Å². The molecule has 2 atom stereocenters. The van der Waals surface area contributed by atoms with E-state index in [4.69, 9.17) is 5.26 Å². The van der Waals surface area contributed by atoms with Crippen molar-refractivity contribution in [3.8, 4) is 6.07 Å². The Morgan fingerprint density at radius 3 is 2.54 bits per heavy atom. The lowest BCUT2D eigenvalue weighted by atomic mass is 9.76. The second kappa shape index (κ2) is 3.43. The summed E-state index contributed by atoms with van der Waals surface area (Å²) in [5.74, 6) is 0.761. The van der Waals surface area contributed by atoms with E-state index in [2.05, 4.69) is 10.1 Å². The number of hydrogen-bond donors (Lipinski definition) is 0. The number of nitroso groups, excluding NO2 is 1. The van der Waals surface area contributed by atoms with E-state index < -0.39 is 6.04 Å². The third kappa shape index (κ3) is 1.44. The Morgan fingerprint density at radius 1 is 1.46 bits per heavy atom. The minimum atomic E-state index is -0.618. The fourth-order valence-corrected chi connectivity index (χ4v) is 2.57. The van der Waals surface area contributed by atoms with Crippen LogP contribution in [0.4, 0.5) is 0 Å². The van der Waals surface area contributed by atoms with Gasteiger partial charge in [0, 0.05) is 12.5 Å². The molecule has 2 unspecified atom stereocenters. The summed E-state index contributed by atoms with van der Waals surface area (Å²) >= 11 is 0. The molecular formula is C9H13N3O. The third-order valence-electron chi connectivity index (χ3n) is 3.36. The molecule has 0 aliphatic carbocycles. The summed E-state index contributed by atoms with van der Waals surface area (Å²) in [5, 5.41) is 11.7. The van der Waals surface area contributed by atoms with Crippen LogP contribution in [0.25, 0.3) is 0 Å². The molecule has 0 aromatic rings. The van der Waals surface area contributed by atoms with Crippen LogP contribution in [-0.4, -0.2) is 30.6 Å². The first-order chi connectivity index (χ1) is 6.35. The smallest absolute Gasteiger partial charge is 0.182 e. The topological polar surface area (TPSA) is 56.5 Å². The molecule has 4 nitrogen and oxygen atoms in total. The largest absolute Gasteiger partial charge is 0.303 e. The van der Waals surface area contributed by atoms with Crippen molar-refractivity contribution >= 4 is 0 Å². The van der Waals surface area contributed by atoms with Crippen LogP contribution < -0.4 is 0 Å². The summed E-state index contributed by atoms with van der Waals surface area (Å²) in [6.07, 6.45) is 2.27. The second-order valence-electron chi connectivity index (χ2n) is 3.98. The van der Waals surface area contributed by atoms with Gasteiger partial charge in [0.15, 0.2) is 6.04 Å².